The average molecular weight is 408 g/mol. The largest absolute Gasteiger partial charge is 0.324 e. The predicted molar refractivity (Wildman–Crippen MR) is 114 cm³/mol. The van der Waals surface area contributed by atoms with Crippen molar-refractivity contribution in [3.8, 4) is 11.4 Å². The van der Waals surface area contributed by atoms with Gasteiger partial charge in [0, 0.05) is 24.6 Å². The molecule has 0 spiro atoms. The van der Waals surface area contributed by atoms with Crippen LogP contribution in [0.4, 0.5) is 16.1 Å². The second kappa shape index (κ2) is 8.65. The topological polar surface area (TPSA) is 71.3 Å². The van der Waals surface area contributed by atoms with Crippen LogP contribution in [0.2, 0.25) is 0 Å². The number of piperidine rings is 1. The van der Waals surface area contributed by atoms with E-state index in [1.807, 2.05) is 17.0 Å². The van der Waals surface area contributed by atoms with Crippen LogP contribution in [0.3, 0.4) is 0 Å². The summed E-state index contributed by atoms with van der Waals surface area (Å²) in [6, 6.07) is 14.8. The molecule has 0 atom stereocenters. The molecule has 0 unspecified atom stereocenters. The number of hydrogen-bond donors (Lipinski definition) is 1. The predicted octanol–water partition coefficient (Wildman–Crippen LogP) is 4.85. The molecule has 156 valence electrons. The summed E-state index contributed by atoms with van der Waals surface area (Å²) in [5.41, 5.74) is 2.39. The highest BCUT2D eigenvalue weighted by Crippen LogP contribution is 2.26. The summed E-state index contributed by atoms with van der Waals surface area (Å²) in [5, 5.41) is 6.80. The number of carbonyl (C=O) groups excluding carboxylic acids is 1. The summed E-state index contributed by atoms with van der Waals surface area (Å²) < 4.78 is 19.2. The van der Waals surface area contributed by atoms with Crippen LogP contribution in [0.1, 0.15) is 38.2 Å². The van der Waals surface area contributed by atoms with Gasteiger partial charge in [0.1, 0.15) is 5.82 Å². The second-order valence-corrected chi connectivity index (χ2v) is 7.91. The molecule has 1 aliphatic rings. The minimum Gasteiger partial charge on any atom is -0.324 e. The van der Waals surface area contributed by atoms with Gasteiger partial charge in [-0.05, 0) is 36.5 Å². The summed E-state index contributed by atoms with van der Waals surface area (Å²) in [6.07, 6.45) is 1.28. The molecular formula is C23H25FN4O2. The summed E-state index contributed by atoms with van der Waals surface area (Å²) >= 11 is 0. The Morgan fingerprint density at radius 2 is 1.83 bits per heavy atom. The van der Waals surface area contributed by atoms with E-state index in [0.717, 1.165) is 5.56 Å². The number of nitrogens with zero attached hydrogens (tertiary/aromatic N) is 3. The number of aromatic nitrogens is 2. The van der Waals surface area contributed by atoms with E-state index in [-0.39, 0.29) is 17.5 Å². The second-order valence-electron chi connectivity index (χ2n) is 7.91. The zero-order valence-electron chi connectivity index (χ0n) is 17.1. The Bertz CT molecular complexity index is 1010. The van der Waals surface area contributed by atoms with Crippen LogP contribution in [-0.4, -0.2) is 29.1 Å². The lowest BCUT2D eigenvalue weighted by atomic mass is 9.96. The summed E-state index contributed by atoms with van der Waals surface area (Å²) in [5.74, 6) is 0.266. The van der Waals surface area contributed by atoms with Crippen LogP contribution in [0, 0.1) is 11.7 Å². The van der Waals surface area contributed by atoms with Gasteiger partial charge in [0.25, 0.3) is 0 Å². The lowest BCUT2D eigenvalue weighted by Crippen LogP contribution is -2.38. The number of halogens is 1. The van der Waals surface area contributed by atoms with Crippen molar-refractivity contribution in [2.24, 2.45) is 5.92 Å². The molecule has 6 nitrogen and oxygen atoms in total. The third kappa shape index (κ3) is 4.35. The molecule has 1 amide bonds. The minimum absolute atomic E-state index is 0.156. The molecule has 0 radical (unpaired) electrons. The Morgan fingerprint density at radius 3 is 2.50 bits per heavy atom. The van der Waals surface area contributed by atoms with Crippen molar-refractivity contribution in [2.45, 2.75) is 32.6 Å². The van der Waals surface area contributed by atoms with Gasteiger partial charge in [0.15, 0.2) is 0 Å². The van der Waals surface area contributed by atoms with Crippen LogP contribution >= 0.6 is 0 Å². The molecule has 1 N–H and O–H groups in total. The smallest absolute Gasteiger partial charge is 0.324 e. The zero-order chi connectivity index (χ0) is 21.1. The standard InChI is InChI=1S/C23H25FN4O2/c1-15(2)16-7-9-17(10-8-16)21-26-23(30-27-21)28-13-11-18(12-14-28)22(29)25-20-6-4-3-5-19(20)24/h3-10,15,18H,11-14H2,1-2H3,(H,25,29). The number of rotatable bonds is 5. The summed E-state index contributed by atoms with van der Waals surface area (Å²) in [7, 11) is 0. The molecule has 7 heteroatoms. The molecule has 2 aromatic carbocycles. The first kappa shape index (κ1) is 20.1. The molecule has 0 bridgehead atoms. The highest BCUT2D eigenvalue weighted by molar-refractivity contribution is 5.92. The number of benzene rings is 2. The molecule has 2 heterocycles. The van der Waals surface area contributed by atoms with Gasteiger partial charge in [0.05, 0.1) is 5.69 Å². The Labute approximate surface area is 175 Å². The van der Waals surface area contributed by atoms with Crippen LogP contribution in [-0.2, 0) is 4.79 Å². The lowest BCUT2D eigenvalue weighted by Gasteiger charge is -2.29. The number of carbonyl (C=O) groups is 1. The van der Waals surface area contributed by atoms with Gasteiger partial charge in [-0.25, -0.2) is 4.39 Å². The molecule has 30 heavy (non-hydrogen) atoms. The normalized spacial score (nSPS) is 14.9. The Balaban J connectivity index is 1.35. The van der Waals surface area contributed by atoms with E-state index in [2.05, 4.69) is 41.4 Å². The fourth-order valence-corrected chi connectivity index (χ4v) is 3.61. The van der Waals surface area contributed by atoms with Crippen LogP contribution in [0.15, 0.2) is 53.1 Å². The molecule has 0 saturated carbocycles. The van der Waals surface area contributed by atoms with Crippen molar-refractivity contribution in [3.05, 3.63) is 59.9 Å². The van der Waals surface area contributed by atoms with Crippen molar-refractivity contribution < 1.29 is 13.7 Å². The van der Waals surface area contributed by atoms with E-state index >= 15 is 0 Å². The van der Waals surface area contributed by atoms with Crippen molar-refractivity contribution in [2.75, 3.05) is 23.3 Å². The molecule has 0 aliphatic carbocycles. The maximum absolute atomic E-state index is 13.8. The third-order valence-electron chi connectivity index (χ3n) is 5.52. The van der Waals surface area contributed by atoms with Crippen LogP contribution in [0.5, 0.6) is 0 Å². The first-order valence-corrected chi connectivity index (χ1v) is 10.3. The molecule has 1 fully saturated rings. The van der Waals surface area contributed by atoms with Crippen molar-refractivity contribution in [1.82, 2.24) is 10.1 Å². The van der Waals surface area contributed by atoms with E-state index in [4.69, 9.17) is 4.52 Å². The number of para-hydroxylation sites is 1. The van der Waals surface area contributed by atoms with Gasteiger partial charge in [-0.15, -0.1) is 0 Å². The molecule has 3 aromatic rings. The van der Waals surface area contributed by atoms with Gasteiger partial charge < -0.3 is 14.7 Å². The van der Waals surface area contributed by atoms with Gasteiger partial charge in [-0.1, -0.05) is 55.4 Å². The van der Waals surface area contributed by atoms with Gasteiger partial charge >= 0.3 is 6.01 Å². The molecule has 1 aliphatic heterocycles. The average Bonchev–Trinajstić information content (AvgIpc) is 3.26. The summed E-state index contributed by atoms with van der Waals surface area (Å²) in [4.78, 5) is 19.0. The monoisotopic (exact) mass is 408 g/mol. The Hall–Kier alpha value is -3.22. The maximum Gasteiger partial charge on any atom is 0.324 e. The number of amides is 1. The third-order valence-corrected chi connectivity index (χ3v) is 5.52. The van der Waals surface area contributed by atoms with Gasteiger partial charge in [-0.2, -0.15) is 4.98 Å². The van der Waals surface area contributed by atoms with Crippen LogP contribution < -0.4 is 10.2 Å². The van der Waals surface area contributed by atoms with E-state index in [0.29, 0.717) is 43.7 Å². The molecule has 1 aromatic heterocycles. The van der Waals surface area contributed by atoms with E-state index in [1.165, 1.54) is 11.6 Å². The van der Waals surface area contributed by atoms with Gasteiger partial charge in [0.2, 0.25) is 11.7 Å². The molecular weight excluding hydrogens is 383 g/mol. The number of nitrogens with one attached hydrogen (secondary N) is 1. The Kier molecular flexibility index (Phi) is 5.79. The fraction of sp³-hybridized carbons (Fsp3) is 0.348. The van der Waals surface area contributed by atoms with Crippen LogP contribution in [0.25, 0.3) is 11.4 Å². The fourth-order valence-electron chi connectivity index (χ4n) is 3.61. The van der Waals surface area contributed by atoms with E-state index in [9.17, 15) is 9.18 Å². The van der Waals surface area contributed by atoms with Gasteiger partial charge in [-0.3, -0.25) is 4.79 Å². The quantitative estimate of drug-likeness (QED) is 0.653. The number of anilines is 2. The highest BCUT2D eigenvalue weighted by atomic mass is 19.1. The van der Waals surface area contributed by atoms with Crippen molar-refractivity contribution in [3.63, 3.8) is 0 Å². The van der Waals surface area contributed by atoms with Crippen molar-refractivity contribution in [1.29, 1.82) is 0 Å². The van der Waals surface area contributed by atoms with Crippen molar-refractivity contribution >= 4 is 17.6 Å². The first-order valence-electron chi connectivity index (χ1n) is 10.3. The zero-order valence-corrected chi connectivity index (χ0v) is 17.1. The van der Waals surface area contributed by atoms with E-state index < -0.39 is 5.82 Å². The molecule has 4 rings (SSSR count). The first-order chi connectivity index (χ1) is 14.5. The summed E-state index contributed by atoms with van der Waals surface area (Å²) in [6.45, 7) is 5.57. The molecule has 1 saturated heterocycles. The van der Waals surface area contributed by atoms with E-state index in [1.54, 1.807) is 18.2 Å². The number of hydrogen-bond acceptors (Lipinski definition) is 5. The maximum atomic E-state index is 13.8. The Morgan fingerprint density at radius 1 is 1.13 bits per heavy atom. The minimum atomic E-state index is -0.428. The highest BCUT2D eigenvalue weighted by Gasteiger charge is 2.28. The lowest BCUT2D eigenvalue weighted by molar-refractivity contribution is -0.120. The SMILES string of the molecule is CC(C)c1ccc(-c2noc(N3CCC(C(=O)Nc4ccccc4F)CC3)n2)cc1.